The van der Waals surface area contributed by atoms with Gasteiger partial charge >= 0.3 is 0 Å². The van der Waals surface area contributed by atoms with Crippen LogP contribution in [0.5, 0.6) is 0 Å². The highest BCUT2D eigenvalue weighted by molar-refractivity contribution is 7.26. The van der Waals surface area contributed by atoms with Crippen molar-refractivity contribution < 1.29 is 4.57 Å². The zero-order valence-corrected chi connectivity index (χ0v) is 20.3. The fourth-order valence-corrected chi connectivity index (χ4v) is 7.49. The predicted octanol–water partition coefficient (Wildman–Crippen LogP) is 7.79. The fourth-order valence-electron chi connectivity index (χ4n) is 6.02. The summed E-state index contributed by atoms with van der Waals surface area (Å²) in [5, 5.41) is 5.35. The number of aryl methyl sites for hydroxylation is 3. The van der Waals surface area contributed by atoms with Crippen molar-refractivity contribution in [3.63, 3.8) is 0 Å². The first-order valence-electron chi connectivity index (χ1n) is 12.2. The summed E-state index contributed by atoms with van der Waals surface area (Å²) < 4.78 is 5.24. The molecule has 166 valence electrons. The molecule has 0 fully saturated rings. The molecule has 0 radical (unpaired) electrons. The van der Waals surface area contributed by atoms with E-state index in [2.05, 4.69) is 83.8 Å². The SMILES string of the molecule is C=CCc1ccc2c(sc3c4c(ccc32)CCCC4)c1-c1[nH]c2ccc3ccccc3c2[n+]1C. The summed E-state index contributed by atoms with van der Waals surface area (Å²) >= 11 is 1.99. The van der Waals surface area contributed by atoms with Crippen LogP contribution in [-0.2, 0) is 26.3 Å². The third-order valence-electron chi connectivity index (χ3n) is 7.64. The normalized spacial score (nSPS) is 13.8. The van der Waals surface area contributed by atoms with E-state index < -0.39 is 0 Å². The Kier molecular flexibility index (Phi) is 4.43. The average Bonchev–Trinajstić information content (AvgIpc) is 3.42. The Morgan fingerprint density at radius 1 is 0.912 bits per heavy atom. The molecule has 0 spiro atoms. The molecule has 34 heavy (non-hydrogen) atoms. The van der Waals surface area contributed by atoms with Crippen LogP contribution in [0.1, 0.15) is 29.5 Å². The molecular formula is C31H27N2S+. The van der Waals surface area contributed by atoms with Crippen LogP contribution < -0.4 is 4.57 Å². The van der Waals surface area contributed by atoms with Gasteiger partial charge in [-0.25, -0.2) is 9.55 Å². The third kappa shape index (κ3) is 2.77. The minimum atomic E-state index is 0.855. The molecule has 2 aromatic heterocycles. The number of nitrogens with zero attached hydrogens (tertiary/aromatic N) is 1. The van der Waals surface area contributed by atoms with E-state index in [-0.39, 0.29) is 0 Å². The van der Waals surface area contributed by atoms with Crippen LogP contribution in [0.25, 0.3) is 53.4 Å². The minimum absolute atomic E-state index is 0.855. The van der Waals surface area contributed by atoms with Crippen LogP contribution >= 0.6 is 11.3 Å². The number of allylic oxidation sites excluding steroid dienone is 1. The van der Waals surface area contributed by atoms with E-state index in [1.54, 1.807) is 11.1 Å². The van der Waals surface area contributed by atoms with Gasteiger partial charge in [-0.1, -0.05) is 48.5 Å². The molecule has 0 saturated heterocycles. The molecule has 3 heteroatoms. The van der Waals surface area contributed by atoms with Gasteiger partial charge in [0.2, 0.25) is 0 Å². The lowest BCUT2D eigenvalue weighted by Crippen LogP contribution is -2.29. The van der Waals surface area contributed by atoms with E-state index in [9.17, 15) is 0 Å². The summed E-state index contributed by atoms with van der Waals surface area (Å²) in [6, 6.07) is 22.5. The summed E-state index contributed by atoms with van der Waals surface area (Å²) in [6.45, 7) is 4.06. The Morgan fingerprint density at radius 3 is 2.65 bits per heavy atom. The number of nitrogens with one attached hydrogen (secondary N) is 1. The third-order valence-corrected chi connectivity index (χ3v) is 8.94. The maximum absolute atomic E-state index is 4.06. The number of aromatic amines is 1. The van der Waals surface area contributed by atoms with Crippen LogP contribution in [0.3, 0.4) is 0 Å². The molecule has 1 aliphatic rings. The van der Waals surface area contributed by atoms with Crippen molar-refractivity contribution in [2.45, 2.75) is 32.1 Å². The Hall–Kier alpha value is -3.43. The van der Waals surface area contributed by atoms with Crippen molar-refractivity contribution >= 4 is 53.3 Å². The van der Waals surface area contributed by atoms with E-state index >= 15 is 0 Å². The zero-order valence-electron chi connectivity index (χ0n) is 19.4. The Morgan fingerprint density at radius 2 is 1.74 bits per heavy atom. The lowest BCUT2D eigenvalue weighted by molar-refractivity contribution is -0.632. The van der Waals surface area contributed by atoms with Crippen LogP contribution in [0.15, 0.2) is 73.3 Å². The molecule has 0 saturated carbocycles. The highest BCUT2D eigenvalue weighted by Crippen LogP contribution is 2.44. The molecule has 2 heterocycles. The molecule has 1 N–H and O–H groups in total. The first-order chi connectivity index (χ1) is 16.7. The number of H-pyrrole nitrogens is 1. The van der Waals surface area contributed by atoms with Crippen LogP contribution in [0.4, 0.5) is 0 Å². The summed E-state index contributed by atoms with van der Waals surface area (Å²) in [5.41, 5.74) is 8.23. The highest BCUT2D eigenvalue weighted by atomic mass is 32.1. The molecule has 4 aromatic carbocycles. The monoisotopic (exact) mass is 459 g/mol. The maximum atomic E-state index is 4.06. The molecule has 0 amide bonds. The smallest absolute Gasteiger partial charge is 0.236 e. The second kappa shape index (κ2) is 7.54. The molecule has 7 rings (SSSR count). The molecule has 6 aromatic rings. The van der Waals surface area contributed by atoms with Gasteiger partial charge < -0.3 is 0 Å². The number of benzene rings is 4. The number of aromatic nitrogens is 2. The van der Waals surface area contributed by atoms with Gasteiger partial charge in [-0.15, -0.1) is 17.9 Å². The number of rotatable bonds is 3. The molecule has 0 aliphatic heterocycles. The second-order valence-corrected chi connectivity index (χ2v) is 10.6. The van der Waals surface area contributed by atoms with Crippen molar-refractivity contribution in [3.8, 4) is 11.4 Å². The number of thiophene rings is 1. The lowest BCUT2D eigenvalue weighted by atomic mass is 9.90. The maximum Gasteiger partial charge on any atom is 0.289 e. The molecule has 0 atom stereocenters. The predicted molar refractivity (Wildman–Crippen MR) is 146 cm³/mol. The summed E-state index contributed by atoms with van der Waals surface area (Å²) in [4.78, 5) is 3.81. The van der Waals surface area contributed by atoms with Gasteiger partial charge in [-0.3, -0.25) is 0 Å². The molecule has 0 bridgehead atoms. The molecule has 1 aliphatic carbocycles. The Bertz CT molecular complexity index is 1770. The van der Waals surface area contributed by atoms with Crippen molar-refractivity contribution in [1.29, 1.82) is 0 Å². The average molecular weight is 460 g/mol. The standard InChI is InChI=1S/C31H26N2S/c1-3-8-21-14-17-25-24-16-13-20-10-5-7-12-23(20)29(24)34-30(25)27(21)31-32-26-18-15-19-9-4-6-11-22(19)28(26)33(31)2/h3-4,6,9,11,13-18H,1,5,7-8,10,12H2,2H3/p+1. The molecule has 2 nitrogen and oxygen atoms in total. The van der Waals surface area contributed by atoms with E-state index in [1.165, 1.54) is 84.6 Å². The van der Waals surface area contributed by atoms with E-state index in [4.69, 9.17) is 0 Å². The summed E-state index contributed by atoms with van der Waals surface area (Å²) in [5.74, 6) is 1.18. The number of hydrogen-bond donors (Lipinski definition) is 1. The van der Waals surface area contributed by atoms with Crippen molar-refractivity contribution in [2.24, 2.45) is 7.05 Å². The van der Waals surface area contributed by atoms with Gasteiger partial charge in [0, 0.05) is 20.9 Å². The highest BCUT2D eigenvalue weighted by Gasteiger charge is 2.26. The van der Waals surface area contributed by atoms with Gasteiger partial charge in [0.15, 0.2) is 11.0 Å². The van der Waals surface area contributed by atoms with Crippen LogP contribution in [0.2, 0.25) is 0 Å². The van der Waals surface area contributed by atoms with Gasteiger partial charge in [-0.2, -0.15) is 0 Å². The van der Waals surface area contributed by atoms with Gasteiger partial charge in [0.05, 0.1) is 17.3 Å². The van der Waals surface area contributed by atoms with Crippen molar-refractivity contribution in [3.05, 3.63) is 90.0 Å². The summed E-state index contributed by atoms with van der Waals surface area (Å²) in [7, 11) is 2.20. The zero-order chi connectivity index (χ0) is 22.8. The number of hydrogen-bond acceptors (Lipinski definition) is 1. The Balaban J connectivity index is 1.59. The largest absolute Gasteiger partial charge is 0.289 e. The van der Waals surface area contributed by atoms with Gasteiger partial charge in [0.1, 0.15) is 0 Å². The van der Waals surface area contributed by atoms with E-state index in [0.717, 1.165) is 6.42 Å². The van der Waals surface area contributed by atoms with E-state index in [0.29, 0.717) is 0 Å². The fraction of sp³-hybridized carbons (Fsp3) is 0.194. The lowest BCUT2D eigenvalue weighted by Gasteiger charge is -2.15. The van der Waals surface area contributed by atoms with E-state index in [1.807, 2.05) is 17.4 Å². The summed E-state index contributed by atoms with van der Waals surface area (Å²) in [6.07, 6.45) is 7.93. The topological polar surface area (TPSA) is 19.7 Å². The van der Waals surface area contributed by atoms with Crippen molar-refractivity contribution in [1.82, 2.24) is 4.98 Å². The minimum Gasteiger partial charge on any atom is -0.236 e. The molecule has 0 unspecified atom stereocenters. The number of imidazole rings is 1. The first kappa shape index (κ1) is 20.0. The van der Waals surface area contributed by atoms with Crippen molar-refractivity contribution in [2.75, 3.05) is 0 Å². The number of fused-ring (bicyclic) bond motifs is 8. The van der Waals surface area contributed by atoms with Gasteiger partial charge in [-0.05, 0) is 72.4 Å². The quantitative estimate of drug-likeness (QED) is 0.206. The molecular weight excluding hydrogens is 432 g/mol. The first-order valence-corrected chi connectivity index (χ1v) is 13.1. The van der Waals surface area contributed by atoms with Gasteiger partial charge in [0.25, 0.3) is 5.82 Å². The Labute approximate surface area is 203 Å². The van der Waals surface area contributed by atoms with Crippen LogP contribution in [0, 0.1) is 0 Å². The van der Waals surface area contributed by atoms with Crippen LogP contribution in [-0.4, -0.2) is 4.98 Å². The second-order valence-electron chi connectivity index (χ2n) is 9.57.